The molecule has 6 nitrogen and oxygen atoms in total. The Morgan fingerprint density at radius 3 is 2.63 bits per heavy atom. The number of nitrogens with zero attached hydrogens (tertiary/aromatic N) is 2. The smallest absolute Gasteiger partial charge is 0.416 e. The molecule has 1 saturated heterocycles. The number of carboxylic acid groups (broad SMARTS) is 1. The number of aromatic nitrogens is 1. The van der Waals surface area contributed by atoms with E-state index in [1.54, 1.807) is 17.8 Å². The van der Waals surface area contributed by atoms with Crippen molar-refractivity contribution in [3.05, 3.63) is 64.2 Å². The van der Waals surface area contributed by atoms with Crippen molar-refractivity contribution < 1.29 is 32.9 Å². The zero-order valence-electron chi connectivity index (χ0n) is 20.8. The van der Waals surface area contributed by atoms with E-state index in [0.717, 1.165) is 59.0 Å². The number of carboxylic acids is 1. The molecule has 2 N–H and O–H groups in total. The van der Waals surface area contributed by atoms with Gasteiger partial charge in [0.2, 0.25) is 0 Å². The van der Waals surface area contributed by atoms with Gasteiger partial charge in [0.05, 0.1) is 17.9 Å². The highest BCUT2D eigenvalue weighted by Crippen LogP contribution is 2.37. The lowest BCUT2D eigenvalue weighted by Crippen LogP contribution is -2.41. The van der Waals surface area contributed by atoms with Gasteiger partial charge in [0.15, 0.2) is 6.61 Å². The lowest BCUT2D eigenvalue weighted by Gasteiger charge is -2.34. The minimum absolute atomic E-state index is 0.0708. The second-order valence-corrected chi connectivity index (χ2v) is 11.3. The Morgan fingerprint density at radius 2 is 1.97 bits per heavy atom. The van der Waals surface area contributed by atoms with Crippen molar-refractivity contribution in [1.82, 2.24) is 9.88 Å². The number of aliphatic hydroxyl groups excluding tert-OH is 1. The van der Waals surface area contributed by atoms with Crippen molar-refractivity contribution in [1.29, 1.82) is 0 Å². The molecular weight excluding hydrogens is 537 g/mol. The van der Waals surface area contributed by atoms with Crippen LogP contribution in [0.2, 0.25) is 0 Å². The maximum absolute atomic E-state index is 13.0. The number of hydrogen-bond donors (Lipinski definition) is 2. The maximum Gasteiger partial charge on any atom is 0.416 e. The third kappa shape index (κ3) is 7.28. The number of aliphatic carboxylic acids is 1. The van der Waals surface area contributed by atoms with Gasteiger partial charge in [-0.2, -0.15) is 13.2 Å². The number of ether oxygens (including phenoxy) is 1. The number of thioether (sulfide) groups is 1. The first kappa shape index (κ1) is 28.4. The summed E-state index contributed by atoms with van der Waals surface area (Å²) in [5.74, 6) is 0.0848. The van der Waals surface area contributed by atoms with Crippen LogP contribution in [-0.2, 0) is 23.3 Å². The predicted molar refractivity (Wildman–Crippen MR) is 142 cm³/mol. The standard InChI is InChI=1S/C27H29F3N2O4S2/c1-17-12-21(9-10-23(17)36-15-25(34)35)37-16-24-22(13-32-11-3-2-4-20(32)14-33)31-26(38-24)18-5-7-19(8-6-18)27(28,29)30/h5-10,12,20,33H,2-4,11,13-16H2,1H3,(H,34,35). The number of benzene rings is 2. The zero-order valence-corrected chi connectivity index (χ0v) is 22.5. The molecule has 2 aromatic carbocycles. The van der Waals surface area contributed by atoms with E-state index >= 15 is 0 Å². The minimum Gasteiger partial charge on any atom is -0.482 e. The Kier molecular flexibility index (Phi) is 9.35. The first-order valence-corrected chi connectivity index (χ1v) is 14.0. The van der Waals surface area contributed by atoms with Gasteiger partial charge in [-0.05, 0) is 62.2 Å². The van der Waals surface area contributed by atoms with Gasteiger partial charge in [-0.1, -0.05) is 18.6 Å². The molecule has 11 heteroatoms. The van der Waals surface area contributed by atoms with Crippen LogP contribution in [0.4, 0.5) is 13.2 Å². The van der Waals surface area contributed by atoms with E-state index in [9.17, 15) is 23.1 Å². The molecule has 0 aliphatic carbocycles. The molecular formula is C27H29F3N2O4S2. The van der Waals surface area contributed by atoms with E-state index in [0.29, 0.717) is 28.6 Å². The summed E-state index contributed by atoms with van der Waals surface area (Å²) in [7, 11) is 0. The van der Waals surface area contributed by atoms with Crippen LogP contribution in [0.1, 0.15) is 41.0 Å². The molecule has 1 fully saturated rings. The Morgan fingerprint density at radius 1 is 1.21 bits per heavy atom. The van der Waals surface area contributed by atoms with Gasteiger partial charge in [0.25, 0.3) is 0 Å². The molecule has 38 heavy (non-hydrogen) atoms. The molecule has 1 atom stereocenters. The Balaban J connectivity index is 1.56. The number of aryl methyl sites for hydroxylation is 1. The summed E-state index contributed by atoms with van der Waals surface area (Å²) in [6.45, 7) is 2.96. The van der Waals surface area contributed by atoms with Gasteiger partial charge in [-0.3, -0.25) is 4.90 Å². The molecule has 4 rings (SSSR count). The average Bonchev–Trinajstić information content (AvgIpc) is 3.29. The van der Waals surface area contributed by atoms with Crippen molar-refractivity contribution >= 4 is 29.1 Å². The molecule has 1 aliphatic rings. The summed E-state index contributed by atoms with van der Waals surface area (Å²) < 4.78 is 44.4. The molecule has 0 amide bonds. The van der Waals surface area contributed by atoms with Crippen LogP contribution in [-0.4, -0.2) is 51.9 Å². The van der Waals surface area contributed by atoms with Gasteiger partial charge >= 0.3 is 12.1 Å². The van der Waals surface area contributed by atoms with Gasteiger partial charge in [-0.25, -0.2) is 9.78 Å². The first-order valence-electron chi connectivity index (χ1n) is 12.2. The van der Waals surface area contributed by atoms with E-state index in [1.807, 2.05) is 19.1 Å². The summed E-state index contributed by atoms with van der Waals surface area (Å²) >= 11 is 3.07. The third-order valence-corrected chi connectivity index (χ3v) is 8.77. The van der Waals surface area contributed by atoms with Crippen molar-refractivity contribution in [3.63, 3.8) is 0 Å². The summed E-state index contributed by atoms with van der Waals surface area (Å²) in [5, 5.41) is 19.4. The summed E-state index contributed by atoms with van der Waals surface area (Å²) in [6.07, 6.45) is -1.35. The fourth-order valence-electron chi connectivity index (χ4n) is 4.37. The fraction of sp³-hybridized carbons (Fsp3) is 0.407. The van der Waals surface area contributed by atoms with Crippen molar-refractivity contribution in [2.75, 3.05) is 19.8 Å². The summed E-state index contributed by atoms with van der Waals surface area (Å²) in [6, 6.07) is 10.7. The lowest BCUT2D eigenvalue weighted by atomic mass is 10.0. The van der Waals surface area contributed by atoms with Crippen LogP contribution >= 0.6 is 23.1 Å². The topological polar surface area (TPSA) is 82.9 Å². The molecule has 1 aromatic heterocycles. The molecule has 0 radical (unpaired) electrons. The molecule has 1 unspecified atom stereocenters. The number of halogens is 3. The van der Waals surface area contributed by atoms with Crippen molar-refractivity contribution in [2.45, 2.75) is 55.6 Å². The van der Waals surface area contributed by atoms with E-state index in [-0.39, 0.29) is 12.6 Å². The van der Waals surface area contributed by atoms with E-state index < -0.39 is 24.3 Å². The number of likely N-dealkylation sites (tertiary alicyclic amines) is 1. The molecule has 1 aliphatic heterocycles. The quantitative estimate of drug-likeness (QED) is 0.281. The predicted octanol–water partition coefficient (Wildman–Crippen LogP) is 6.24. The molecule has 0 bridgehead atoms. The SMILES string of the molecule is Cc1cc(SCc2sc(-c3ccc(C(F)(F)F)cc3)nc2CN2CCCCC2CO)ccc1OCC(=O)O. The van der Waals surface area contributed by atoms with Gasteiger partial charge < -0.3 is 14.9 Å². The third-order valence-electron chi connectivity index (χ3n) is 6.42. The van der Waals surface area contributed by atoms with Crippen molar-refractivity contribution in [2.24, 2.45) is 0 Å². The maximum atomic E-state index is 13.0. The Hall–Kier alpha value is -2.60. The Bertz CT molecular complexity index is 1250. The molecule has 0 saturated carbocycles. The van der Waals surface area contributed by atoms with Crippen LogP contribution in [0.3, 0.4) is 0 Å². The number of piperidine rings is 1. The van der Waals surface area contributed by atoms with Crippen molar-refractivity contribution in [3.8, 4) is 16.3 Å². The number of carbonyl (C=O) groups is 1. The molecule has 3 aromatic rings. The van der Waals surface area contributed by atoms with Gasteiger partial charge in [-0.15, -0.1) is 23.1 Å². The second kappa shape index (κ2) is 12.5. The van der Waals surface area contributed by atoms with Gasteiger partial charge in [0.1, 0.15) is 10.8 Å². The normalized spacial score (nSPS) is 16.5. The number of alkyl halides is 3. The van der Waals surface area contributed by atoms with Gasteiger partial charge in [0, 0.05) is 33.7 Å². The highest BCUT2D eigenvalue weighted by atomic mass is 32.2. The number of thiazole rings is 1. The number of aliphatic hydroxyl groups is 1. The highest BCUT2D eigenvalue weighted by molar-refractivity contribution is 7.98. The first-order chi connectivity index (χ1) is 18.1. The minimum atomic E-state index is -4.39. The highest BCUT2D eigenvalue weighted by Gasteiger charge is 2.30. The molecule has 0 spiro atoms. The second-order valence-electron chi connectivity index (χ2n) is 9.17. The van der Waals surface area contributed by atoms with Crippen LogP contribution in [0, 0.1) is 6.92 Å². The average molecular weight is 567 g/mol. The number of rotatable bonds is 10. The van der Waals surface area contributed by atoms with E-state index in [1.165, 1.54) is 23.5 Å². The number of hydrogen-bond acceptors (Lipinski definition) is 7. The fourth-order valence-corrected chi connectivity index (χ4v) is 6.55. The van der Waals surface area contributed by atoms with E-state index in [4.69, 9.17) is 14.8 Å². The monoisotopic (exact) mass is 566 g/mol. The largest absolute Gasteiger partial charge is 0.482 e. The lowest BCUT2D eigenvalue weighted by molar-refractivity contribution is -0.139. The van der Waals surface area contributed by atoms with Crippen LogP contribution in [0.15, 0.2) is 47.4 Å². The summed E-state index contributed by atoms with van der Waals surface area (Å²) in [4.78, 5) is 19.9. The van der Waals surface area contributed by atoms with Crippen LogP contribution in [0.25, 0.3) is 10.6 Å². The van der Waals surface area contributed by atoms with Crippen LogP contribution < -0.4 is 4.74 Å². The van der Waals surface area contributed by atoms with Crippen LogP contribution in [0.5, 0.6) is 5.75 Å². The molecule has 204 valence electrons. The zero-order chi connectivity index (χ0) is 27.3. The molecule has 2 heterocycles. The van der Waals surface area contributed by atoms with E-state index in [2.05, 4.69) is 4.90 Å². The summed E-state index contributed by atoms with van der Waals surface area (Å²) in [5.41, 5.74) is 1.63. The Labute approximate surface area is 227 Å².